The molecule has 0 saturated heterocycles. The van der Waals surface area contributed by atoms with Crippen molar-refractivity contribution < 1.29 is 115 Å². The number of nitrogen functional groups attached to an aromatic ring is 3. The molecule has 12 aromatic rings. The zero-order valence-corrected chi connectivity index (χ0v) is 74.7. The number of carboxylic acids is 2. The van der Waals surface area contributed by atoms with Gasteiger partial charge in [0.25, 0.3) is 11.8 Å². The minimum atomic E-state index is -1.44. The number of hydrogen-bond donors (Lipinski definition) is 11. The number of fused-ring (bicyclic) bond motifs is 3. The van der Waals surface area contributed by atoms with Gasteiger partial charge in [0.2, 0.25) is 35.1 Å². The highest BCUT2D eigenvalue weighted by molar-refractivity contribution is 5.99. The highest BCUT2D eigenvalue weighted by Gasteiger charge is 2.32. The first-order valence-corrected chi connectivity index (χ1v) is 40.3. The number of aryl methyl sites for hydroxylation is 3. The Hall–Kier alpha value is -16.1. The molecule has 0 aliphatic carbocycles. The zero-order valence-electron chi connectivity index (χ0n) is 74.7. The summed E-state index contributed by atoms with van der Waals surface area (Å²) in [5.74, 6) is -0.865. The van der Waals surface area contributed by atoms with Crippen LogP contribution < -0.4 is 92.2 Å². The lowest BCUT2D eigenvalue weighted by atomic mass is 10.1. The van der Waals surface area contributed by atoms with Crippen molar-refractivity contribution in [3.05, 3.63) is 215 Å². The van der Waals surface area contributed by atoms with Crippen LogP contribution in [0.2, 0.25) is 0 Å². The second-order valence-corrected chi connectivity index (χ2v) is 30.5. The number of ether oxygens (including phenoxy) is 13. The number of aromatic carboxylic acids is 1. The van der Waals surface area contributed by atoms with E-state index in [1.165, 1.54) is 79.1 Å². The first kappa shape index (κ1) is 98.7. The van der Waals surface area contributed by atoms with E-state index in [2.05, 4.69) is 41.5 Å². The Morgan fingerprint density at radius 1 is 0.397 bits per heavy atom. The molecular formula is C92H105N15O24. The summed E-state index contributed by atoms with van der Waals surface area (Å²) >= 11 is 0. The maximum absolute atomic E-state index is 13.3. The van der Waals surface area contributed by atoms with Gasteiger partial charge < -0.3 is 130 Å². The number of benzene rings is 9. The van der Waals surface area contributed by atoms with Crippen molar-refractivity contribution >= 4 is 105 Å². The maximum Gasteiger partial charge on any atom is 0.408 e. The number of imidazole rings is 3. The predicted octanol–water partition coefficient (Wildman–Crippen LogP) is 11.2. The lowest BCUT2D eigenvalue weighted by Crippen LogP contribution is -2.50. The number of nitrogens with zero attached hydrogens (tertiary/aromatic N) is 6. The van der Waals surface area contributed by atoms with Crippen molar-refractivity contribution in [2.45, 2.75) is 84.1 Å². The fraction of sp³-hybridized carbons (Fsp3) is 0.283. The number of anilines is 3. The van der Waals surface area contributed by atoms with Crippen molar-refractivity contribution in [2.24, 2.45) is 26.9 Å². The van der Waals surface area contributed by atoms with E-state index in [4.69, 9.17) is 84.5 Å². The Morgan fingerprint density at radius 2 is 0.710 bits per heavy atom. The van der Waals surface area contributed by atoms with Gasteiger partial charge in [0.15, 0.2) is 57.5 Å². The molecular weight excluding hydrogens is 1700 g/mol. The molecule has 0 aliphatic rings. The standard InChI is InChI=1S/C32H37N5O8.C28H29N5O8.C17H17N3O5.C15H22N2O3/c1-32(2,3)45-29(39)21(35-31(40)43-18-19-11-8-7-9-12-19)17-34-28(38)20-15-24(41-5)27(25(16-20)42-6)44-23-14-10-13-22-26(23)36-30(33)37(22)4;1-33-19-10-7-11-20(23(19)32-27(33)29)41-24-21(38-2)12-17(13-22(24)39-3)25(34)30-14-18(26(35)36)31-28(37)40-15-16-8-5-4-6-9-16;1-20-10-5-4-6-11(14(10)19-17(20)18)25-15-12(23-2)7-9(16(21)22)8-13(15)24-3;1-15(2,3)20-14(19)12(9-16)17-10-13(18)11-7-5-4-6-8-11/h7-16,21H,17-18H2,1-6H3,(H2,33,36)(H,34,38)(H,35,40);4-13,18H,14-15H2,1-3H3,(H2,29,32)(H,30,34)(H,31,37)(H,35,36);4-8H,1-3H3,(H2,18,19)(H,21,22);4-8,12,17H,9-10,16H2,1-3H3/t21-;18-;;12-/m00.0/s1. The third-order valence-corrected chi connectivity index (χ3v) is 19.0. The Morgan fingerprint density at radius 3 is 1.02 bits per heavy atom. The van der Waals surface area contributed by atoms with Crippen LogP contribution in [0, 0.1) is 0 Å². The molecule has 12 rings (SSSR count). The molecule has 692 valence electrons. The highest BCUT2D eigenvalue weighted by Crippen LogP contribution is 2.46. The quantitative estimate of drug-likeness (QED) is 0.0103. The zero-order chi connectivity index (χ0) is 95.6. The third kappa shape index (κ3) is 26.8. The molecule has 0 aliphatic heterocycles. The van der Waals surface area contributed by atoms with E-state index in [1.807, 2.05) is 54.6 Å². The van der Waals surface area contributed by atoms with Crippen LogP contribution in [0.1, 0.15) is 94.1 Å². The van der Waals surface area contributed by atoms with Crippen LogP contribution in [0.25, 0.3) is 33.1 Å². The van der Waals surface area contributed by atoms with Crippen LogP contribution in [0.4, 0.5) is 27.4 Å². The minimum absolute atomic E-state index is 0.00367. The first-order chi connectivity index (χ1) is 62.4. The third-order valence-electron chi connectivity index (χ3n) is 19.0. The molecule has 0 saturated carbocycles. The molecule has 3 aromatic heterocycles. The molecule has 9 aromatic carbocycles. The van der Waals surface area contributed by atoms with E-state index in [-0.39, 0.29) is 107 Å². The molecule has 39 heteroatoms. The number of carbonyl (C=O) groups excluding carboxylic acids is 7. The Balaban J connectivity index is 0.000000206. The SMILES string of the molecule is CC(C)(C)OC(=O)[C@H](CN)NCC(=O)c1ccccc1.COc1cc(C(=O)NC[C@H](NC(=O)OCc2ccccc2)C(=O)O)cc(OC)c1Oc1cccc2c1nc(N)n2C.COc1cc(C(=O)NC[C@H](NC(=O)OCc2ccccc2)C(=O)OC(C)(C)C)cc(OC)c1Oc1cccc2c1nc(N)n2C.COc1cc(C(=O)O)cc(OC)c1Oc1cccc2c1nc(N)n2C. The van der Waals surface area contributed by atoms with Crippen LogP contribution in [0.5, 0.6) is 69.0 Å². The second-order valence-electron chi connectivity index (χ2n) is 30.5. The number of nitrogens with two attached hydrogens (primary N) is 4. The molecule has 4 amide bonds. The Bertz CT molecular complexity index is 5980. The largest absolute Gasteiger partial charge is 0.493 e. The molecule has 3 atom stereocenters. The number of para-hydroxylation sites is 3. The number of ketones is 1. The summed E-state index contributed by atoms with van der Waals surface area (Å²) in [4.78, 5) is 124. The summed E-state index contributed by atoms with van der Waals surface area (Å²) in [6, 6.07) is 48.1. The number of esters is 2. The van der Waals surface area contributed by atoms with E-state index in [9.17, 15) is 53.4 Å². The van der Waals surface area contributed by atoms with Gasteiger partial charge in [-0.25, -0.2) is 38.9 Å². The smallest absolute Gasteiger partial charge is 0.408 e. The van der Waals surface area contributed by atoms with Crippen molar-refractivity contribution in [1.82, 2.24) is 55.2 Å². The number of hydrogen-bond acceptors (Lipinski definition) is 30. The number of aromatic nitrogens is 6. The lowest BCUT2D eigenvalue weighted by Gasteiger charge is -2.24. The number of carbonyl (C=O) groups is 9. The topological polar surface area (TPSA) is 532 Å². The van der Waals surface area contributed by atoms with E-state index < -0.39 is 83.8 Å². The Kier molecular flexibility index (Phi) is 34.2. The number of aliphatic carboxylic acids is 1. The molecule has 0 spiro atoms. The number of rotatable bonds is 33. The maximum atomic E-state index is 13.3. The summed E-state index contributed by atoms with van der Waals surface area (Å²) < 4.78 is 77.0. The van der Waals surface area contributed by atoms with Crippen LogP contribution in [-0.2, 0) is 67.7 Å². The molecule has 15 N–H and O–H groups in total. The van der Waals surface area contributed by atoms with Crippen molar-refractivity contribution in [1.29, 1.82) is 0 Å². The van der Waals surface area contributed by atoms with Gasteiger partial charge in [-0.05, 0) is 125 Å². The second kappa shape index (κ2) is 45.4. The van der Waals surface area contributed by atoms with E-state index in [0.29, 0.717) is 57.2 Å². The van der Waals surface area contributed by atoms with Gasteiger partial charge >= 0.3 is 36.1 Å². The van der Waals surface area contributed by atoms with E-state index in [1.54, 1.807) is 167 Å². The number of amides is 4. The Labute approximate surface area is 752 Å². The van der Waals surface area contributed by atoms with Gasteiger partial charge in [-0.15, -0.1) is 0 Å². The summed E-state index contributed by atoms with van der Waals surface area (Å²) in [6.45, 7) is 9.81. The predicted molar refractivity (Wildman–Crippen MR) is 484 cm³/mol. The fourth-order valence-electron chi connectivity index (χ4n) is 12.3. The number of alkyl carbamates (subject to hydrolysis) is 2. The summed E-state index contributed by atoms with van der Waals surface area (Å²) in [7, 11) is 13.9. The van der Waals surface area contributed by atoms with Crippen LogP contribution in [0.15, 0.2) is 182 Å². The lowest BCUT2D eigenvalue weighted by molar-refractivity contribution is -0.158. The number of nitrogens with one attached hydrogen (secondary N) is 5. The van der Waals surface area contributed by atoms with Gasteiger partial charge in [0.1, 0.15) is 59.1 Å². The van der Waals surface area contributed by atoms with Gasteiger partial charge in [0, 0.05) is 57.5 Å². The number of Topliss-reactive ketones (excluding diaryl/α,β-unsaturated/α-hetero) is 1. The molecule has 3 heterocycles. The van der Waals surface area contributed by atoms with Gasteiger partial charge in [-0.2, -0.15) is 0 Å². The van der Waals surface area contributed by atoms with Crippen molar-refractivity contribution in [3.63, 3.8) is 0 Å². The van der Waals surface area contributed by atoms with Crippen LogP contribution >= 0.6 is 0 Å². The molecule has 0 unspecified atom stereocenters. The van der Waals surface area contributed by atoms with E-state index in [0.717, 1.165) is 27.7 Å². The minimum Gasteiger partial charge on any atom is -0.493 e. The monoisotopic (exact) mass is 1800 g/mol. The molecule has 0 radical (unpaired) electrons. The number of methoxy groups -OCH3 is 6. The highest BCUT2D eigenvalue weighted by atomic mass is 16.6. The van der Waals surface area contributed by atoms with Gasteiger partial charge in [-0.3, -0.25) is 24.5 Å². The normalized spacial score (nSPS) is 11.6. The summed E-state index contributed by atoms with van der Waals surface area (Å²) in [5.41, 5.74) is 28.2. The molecule has 39 nitrogen and oxygen atoms in total. The van der Waals surface area contributed by atoms with Crippen LogP contribution in [0.3, 0.4) is 0 Å². The van der Waals surface area contributed by atoms with E-state index >= 15 is 0 Å². The van der Waals surface area contributed by atoms with Gasteiger partial charge in [0.05, 0.1) is 71.3 Å². The average molecular weight is 1800 g/mol. The number of carboxylic acid groups (broad SMARTS) is 2. The van der Waals surface area contributed by atoms with Crippen LogP contribution in [-0.4, -0.2) is 191 Å². The fourth-order valence-corrected chi connectivity index (χ4v) is 12.3. The van der Waals surface area contributed by atoms with Crippen molar-refractivity contribution in [2.75, 3.05) is 86.0 Å². The van der Waals surface area contributed by atoms with Crippen molar-refractivity contribution in [3.8, 4) is 69.0 Å². The summed E-state index contributed by atoms with van der Waals surface area (Å²) in [6.07, 6.45) is -1.79. The molecule has 0 bridgehead atoms. The summed E-state index contributed by atoms with van der Waals surface area (Å²) in [5, 5.41) is 31.4. The average Bonchev–Trinajstić information content (AvgIpc) is 1.68. The molecule has 0 fully saturated rings. The molecule has 131 heavy (non-hydrogen) atoms. The van der Waals surface area contributed by atoms with Gasteiger partial charge in [-0.1, -0.05) is 109 Å². The first-order valence-electron chi connectivity index (χ1n) is 40.3.